The van der Waals surface area contributed by atoms with Crippen LogP contribution in [0.25, 0.3) is 0 Å². The number of fused-ring (bicyclic) bond motifs is 2. The number of hydrogen-bond donors (Lipinski definition) is 1. The highest BCUT2D eigenvalue weighted by molar-refractivity contribution is 4.98. The molecule has 3 rings (SSSR count). The van der Waals surface area contributed by atoms with E-state index in [1.54, 1.807) is 0 Å². The van der Waals surface area contributed by atoms with Crippen LogP contribution in [0, 0.1) is 0 Å². The molecule has 0 aliphatic carbocycles. The molecule has 3 heterocycles. The first-order chi connectivity index (χ1) is 7.64. The van der Waals surface area contributed by atoms with E-state index in [0.717, 1.165) is 6.54 Å². The SMILES string of the molecule is CC1(C)CN(C2CC3CCC2O3)CCCN1. The van der Waals surface area contributed by atoms with E-state index in [-0.39, 0.29) is 5.54 Å². The van der Waals surface area contributed by atoms with Gasteiger partial charge in [0.25, 0.3) is 0 Å². The summed E-state index contributed by atoms with van der Waals surface area (Å²) in [7, 11) is 0. The average molecular weight is 224 g/mol. The Labute approximate surface area is 98.5 Å². The van der Waals surface area contributed by atoms with Gasteiger partial charge < -0.3 is 10.1 Å². The molecule has 3 atom stereocenters. The lowest BCUT2D eigenvalue weighted by atomic mass is 9.93. The van der Waals surface area contributed by atoms with Gasteiger partial charge in [-0.1, -0.05) is 0 Å². The lowest BCUT2D eigenvalue weighted by molar-refractivity contribution is 0.0652. The van der Waals surface area contributed by atoms with Crippen molar-refractivity contribution in [2.24, 2.45) is 0 Å². The van der Waals surface area contributed by atoms with Crippen LogP contribution >= 0.6 is 0 Å². The number of hydrogen-bond acceptors (Lipinski definition) is 3. The number of nitrogens with zero attached hydrogens (tertiary/aromatic N) is 1. The molecule has 0 saturated carbocycles. The van der Waals surface area contributed by atoms with Crippen LogP contribution in [0.5, 0.6) is 0 Å². The summed E-state index contributed by atoms with van der Waals surface area (Å²) < 4.78 is 5.98. The molecule has 0 amide bonds. The van der Waals surface area contributed by atoms with Gasteiger partial charge in [0, 0.05) is 18.1 Å². The Bertz CT molecular complexity index is 267. The average Bonchev–Trinajstić information content (AvgIpc) is 2.79. The molecule has 3 fully saturated rings. The van der Waals surface area contributed by atoms with E-state index in [0.29, 0.717) is 18.2 Å². The van der Waals surface area contributed by atoms with Crippen molar-refractivity contribution in [2.75, 3.05) is 19.6 Å². The minimum Gasteiger partial charge on any atom is -0.373 e. The Hall–Kier alpha value is -0.120. The van der Waals surface area contributed by atoms with Crippen LogP contribution in [0.3, 0.4) is 0 Å². The van der Waals surface area contributed by atoms with E-state index in [1.165, 1.54) is 38.8 Å². The van der Waals surface area contributed by atoms with Crippen LogP contribution in [0.2, 0.25) is 0 Å². The Morgan fingerprint density at radius 3 is 2.88 bits per heavy atom. The molecule has 16 heavy (non-hydrogen) atoms. The third kappa shape index (κ3) is 2.01. The maximum absolute atomic E-state index is 5.98. The molecular weight excluding hydrogens is 200 g/mol. The Morgan fingerprint density at radius 2 is 2.19 bits per heavy atom. The highest BCUT2D eigenvalue weighted by Crippen LogP contribution is 2.37. The van der Waals surface area contributed by atoms with Gasteiger partial charge in [0.05, 0.1) is 12.2 Å². The van der Waals surface area contributed by atoms with Crippen molar-refractivity contribution < 1.29 is 4.74 Å². The Morgan fingerprint density at radius 1 is 1.31 bits per heavy atom. The van der Waals surface area contributed by atoms with Crippen LogP contribution in [0.4, 0.5) is 0 Å². The minimum absolute atomic E-state index is 0.262. The van der Waals surface area contributed by atoms with Gasteiger partial charge in [-0.2, -0.15) is 0 Å². The smallest absolute Gasteiger partial charge is 0.0735 e. The van der Waals surface area contributed by atoms with Crippen LogP contribution in [-0.4, -0.2) is 48.3 Å². The lowest BCUT2D eigenvalue weighted by Crippen LogP contribution is -2.51. The van der Waals surface area contributed by atoms with Crippen LogP contribution in [0.1, 0.15) is 39.5 Å². The van der Waals surface area contributed by atoms with Gasteiger partial charge in [0.2, 0.25) is 0 Å². The Balaban J connectivity index is 1.69. The standard InChI is InChI=1S/C13H24N2O/c1-13(2)9-15(7-3-6-14-13)11-8-10-4-5-12(11)16-10/h10-12,14H,3-9H2,1-2H3. The van der Waals surface area contributed by atoms with Crippen molar-refractivity contribution in [1.29, 1.82) is 0 Å². The van der Waals surface area contributed by atoms with Crippen molar-refractivity contribution in [2.45, 2.75) is 63.3 Å². The zero-order valence-electron chi connectivity index (χ0n) is 10.5. The second kappa shape index (κ2) is 3.97. The molecule has 0 aromatic carbocycles. The van der Waals surface area contributed by atoms with E-state index in [2.05, 4.69) is 24.1 Å². The van der Waals surface area contributed by atoms with Crippen LogP contribution in [0.15, 0.2) is 0 Å². The second-order valence-electron chi connectivity index (χ2n) is 6.31. The molecule has 3 aliphatic rings. The summed E-state index contributed by atoms with van der Waals surface area (Å²) in [5.74, 6) is 0. The second-order valence-corrected chi connectivity index (χ2v) is 6.31. The largest absolute Gasteiger partial charge is 0.373 e. The molecular formula is C13H24N2O. The fraction of sp³-hybridized carbons (Fsp3) is 1.00. The first-order valence-electron chi connectivity index (χ1n) is 6.79. The molecule has 1 N–H and O–H groups in total. The predicted molar refractivity (Wildman–Crippen MR) is 64.6 cm³/mol. The zero-order valence-corrected chi connectivity index (χ0v) is 10.5. The molecule has 3 aliphatic heterocycles. The maximum atomic E-state index is 5.98. The normalized spacial score (nSPS) is 43.5. The molecule has 3 unspecified atom stereocenters. The molecule has 3 heteroatoms. The lowest BCUT2D eigenvalue weighted by Gasteiger charge is -2.36. The number of nitrogens with one attached hydrogen (secondary N) is 1. The molecule has 0 aromatic rings. The monoisotopic (exact) mass is 224 g/mol. The summed E-state index contributed by atoms with van der Waals surface area (Å²) in [6, 6.07) is 0.706. The van der Waals surface area contributed by atoms with Gasteiger partial charge in [-0.25, -0.2) is 0 Å². The fourth-order valence-corrected chi connectivity index (χ4v) is 3.63. The van der Waals surface area contributed by atoms with E-state index in [4.69, 9.17) is 4.74 Å². The quantitative estimate of drug-likeness (QED) is 0.728. The van der Waals surface area contributed by atoms with Crippen LogP contribution in [-0.2, 0) is 4.74 Å². The summed E-state index contributed by atoms with van der Waals surface area (Å²) in [5.41, 5.74) is 0.262. The molecule has 0 radical (unpaired) electrons. The maximum Gasteiger partial charge on any atom is 0.0735 e. The molecule has 0 aromatic heterocycles. The van der Waals surface area contributed by atoms with E-state index in [1.807, 2.05) is 0 Å². The molecule has 0 spiro atoms. The van der Waals surface area contributed by atoms with E-state index < -0.39 is 0 Å². The van der Waals surface area contributed by atoms with Gasteiger partial charge in [-0.05, 0) is 52.6 Å². The fourth-order valence-electron chi connectivity index (χ4n) is 3.63. The zero-order chi connectivity index (χ0) is 11.2. The summed E-state index contributed by atoms with van der Waals surface area (Å²) in [6.45, 7) is 8.21. The van der Waals surface area contributed by atoms with Gasteiger partial charge in [0.15, 0.2) is 0 Å². The topological polar surface area (TPSA) is 24.5 Å². The molecule has 92 valence electrons. The first-order valence-corrected chi connectivity index (χ1v) is 6.79. The van der Waals surface area contributed by atoms with E-state index >= 15 is 0 Å². The summed E-state index contributed by atoms with van der Waals surface area (Å²) in [4.78, 5) is 2.68. The number of rotatable bonds is 1. The predicted octanol–water partition coefficient (Wildman–Crippen LogP) is 1.38. The van der Waals surface area contributed by atoms with Gasteiger partial charge in [0.1, 0.15) is 0 Å². The summed E-state index contributed by atoms with van der Waals surface area (Å²) in [6.07, 6.45) is 6.27. The molecule has 3 saturated heterocycles. The Kier molecular flexibility index (Phi) is 2.73. The summed E-state index contributed by atoms with van der Waals surface area (Å²) in [5, 5.41) is 3.64. The first kappa shape index (κ1) is 11.0. The minimum atomic E-state index is 0.262. The van der Waals surface area contributed by atoms with Crippen LogP contribution < -0.4 is 5.32 Å². The molecule has 2 bridgehead atoms. The van der Waals surface area contributed by atoms with Gasteiger partial charge in [-0.3, -0.25) is 4.90 Å². The third-order valence-corrected chi connectivity index (χ3v) is 4.37. The highest BCUT2D eigenvalue weighted by Gasteiger charge is 2.44. The van der Waals surface area contributed by atoms with Crippen molar-refractivity contribution in [3.63, 3.8) is 0 Å². The van der Waals surface area contributed by atoms with Crippen molar-refractivity contribution >= 4 is 0 Å². The van der Waals surface area contributed by atoms with E-state index in [9.17, 15) is 0 Å². The summed E-state index contributed by atoms with van der Waals surface area (Å²) >= 11 is 0. The van der Waals surface area contributed by atoms with Crippen molar-refractivity contribution in [3.05, 3.63) is 0 Å². The van der Waals surface area contributed by atoms with Gasteiger partial charge >= 0.3 is 0 Å². The number of ether oxygens (including phenoxy) is 1. The van der Waals surface area contributed by atoms with Crippen molar-refractivity contribution in [1.82, 2.24) is 10.2 Å². The third-order valence-electron chi connectivity index (χ3n) is 4.37. The van der Waals surface area contributed by atoms with Crippen molar-refractivity contribution in [3.8, 4) is 0 Å². The van der Waals surface area contributed by atoms with Gasteiger partial charge in [-0.15, -0.1) is 0 Å². The molecule has 3 nitrogen and oxygen atoms in total. The highest BCUT2D eigenvalue weighted by atomic mass is 16.5.